The Balaban J connectivity index is 1.78. The van der Waals surface area contributed by atoms with E-state index >= 15 is 0 Å². The Morgan fingerprint density at radius 3 is 2.12 bits per heavy atom. The van der Waals surface area contributed by atoms with E-state index in [9.17, 15) is 4.79 Å². The predicted molar refractivity (Wildman–Crippen MR) is 104 cm³/mol. The van der Waals surface area contributed by atoms with E-state index in [0.717, 1.165) is 11.3 Å². The maximum atomic E-state index is 11.8. The van der Waals surface area contributed by atoms with Crippen molar-refractivity contribution in [2.75, 3.05) is 13.2 Å². The molecule has 0 aliphatic carbocycles. The van der Waals surface area contributed by atoms with Gasteiger partial charge in [0.1, 0.15) is 11.5 Å². The maximum absolute atomic E-state index is 11.8. The third kappa shape index (κ3) is 6.24. The van der Waals surface area contributed by atoms with E-state index in [1.54, 1.807) is 30.5 Å². The average molecular weight is 354 g/mol. The number of hydrogen-bond donors (Lipinski definition) is 1. The average Bonchev–Trinajstić information content (AvgIpc) is 2.61. The van der Waals surface area contributed by atoms with Crippen molar-refractivity contribution in [2.45, 2.75) is 33.1 Å². The summed E-state index contributed by atoms with van der Waals surface area (Å²) in [5.41, 5.74) is 4.75. The molecule has 1 N–H and O–H groups in total. The summed E-state index contributed by atoms with van der Waals surface area (Å²) in [7, 11) is 0. The first-order valence-corrected chi connectivity index (χ1v) is 8.66. The van der Waals surface area contributed by atoms with Gasteiger partial charge in [-0.1, -0.05) is 45.0 Å². The highest BCUT2D eigenvalue weighted by atomic mass is 16.5. The monoisotopic (exact) mass is 354 g/mol. The summed E-state index contributed by atoms with van der Waals surface area (Å²) < 4.78 is 10.8. The van der Waals surface area contributed by atoms with E-state index in [0.29, 0.717) is 12.4 Å². The van der Waals surface area contributed by atoms with Gasteiger partial charge in [-0.05, 0) is 47.7 Å². The van der Waals surface area contributed by atoms with Crippen molar-refractivity contribution in [2.24, 2.45) is 5.10 Å². The molecule has 138 valence electrons. The summed E-state index contributed by atoms with van der Waals surface area (Å²) in [5, 5.41) is 3.96. The second-order valence-electron chi connectivity index (χ2n) is 6.86. The van der Waals surface area contributed by atoms with E-state index in [1.807, 2.05) is 19.1 Å². The van der Waals surface area contributed by atoms with Crippen LogP contribution < -0.4 is 14.9 Å². The zero-order valence-electron chi connectivity index (χ0n) is 15.8. The van der Waals surface area contributed by atoms with E-state index in [-0.39, 0.29) is 17.9 Å². The largest absolute Gasteiger partial charge is 0.494 e. The lowest BCUT2D eigenvalue weighted by Crippen LogP contribution is -2.24. The molecule has 1 amide bonds. The summed E-state index contributed by atoms with van der Waals surface area (Å²) in [6, 6.07) is 15.2. The van der Waals surface area contributed by atoms with Crippen LogP contribution >= 0.6 is 0 Å². The minimum atomic E-state index is -0.318. The van der Waals surface area contributed by atoms with Gasteiger partial charge in [0.15, 0.2) is 6.61 Å². The Hall–Kier alpha value is -2.82. The molecule has 0 heterocycles. The van der Waals surface area contributed by atoms with Crippen LogP contribution in [-0.4, -0.2) is 25.3 Å². The van der Waals surface area contributed by atoms with Crippen molar-refractivity contribution in [3.05, 3.63) is 59.7 Å². The summed E-state index contributed by atoms with van der Waals surface area (Å²) in [6.07, 6.45) is 1.61. The lowest BCUT2D eigenvalue weighted by Gasteiger charge is -2.18. The first kappa shape index (κ1) is 19.5. The van der Waals surface area contributed by atoms with Crippen LogP contribution in [0.4, 0.5) is 0 Å². The van der Waals surface area contributed by atoms with Crippen molar-refractivity contribution in [3.8, 4) is 11.5 Å². The van der Waals surface area contributed by atoms with Gasteiger partial charge in [0, 0.05) is 0 Å². The lowest BCUT2D eigenvalue weighted by atomic mass is 9.87. The molecule has 5 nitrogen and oxygen atoms in total. The number of nitrogens with one attached hydrogen (secondary N) is 1. The van der Waals surface area contributed by atoms with Gasteiger partial charge >= 0.3 is 0 Å². The Labute approximate surface area is 155 Å². The maximum Gasteiger partial charge on any atom is 0.277 e. The van der Waals surface area contributed by atoms with E-state index in [4.69, 9.17) is 9.47 Å². The van der Waals surface area contributed by atoms with E-state index in [1.165, 1.54) is 5.56 Å². The highest BCUT2D eigenvalue weighted by Crippen LogP contribution is 2.21. The van der Waals surface area contributed by atoms with Gasteiger partial charge in [-0.3, -0.25) is 4.79 Å². The molecule has 26 heavy (non-hydrogen) atoms. The Morgan fingerprint density at radius 1 is 1.00 bits per heavy atom. The molecule has 0 aliphatic heterocycles. The summed E-state index contributed by atoms with van der Waals surface area (Å²) >= 11 is 0. The van der Waals surface area contributed by atoms with Gasteiger partial charge in [-0.2, -0.15) is 5.10 Å². The van der Waals surface area contributed by atoms with Crippen molar-refractivity contribution in [1.29, 1.82) is 0 Å². The van der Waals surface area contributed by atoms with Crippen molar-refractivity contribution in [3.63, 3.8) is 0 Å². The second kappa shape index (κ2) is 9.04. The minimum Gasteiger partial charge on any atom is -0.494 e. The number of nitrogens with zero attached hydrogens (tertiary/aromatic N) is 1. The fourth-order valence-electron chi connectivity index (χ4n) is 2.23. The first-order valence-electron chi connectivity index (χ1n) is 8.66. The molecule has 2 aromatic carbocycles. The normalized spacial score (nSPS) is 11.4. The number of carbonyl (C=O) groups is 1. The fourth-order valence-corrected chi connectivity index (χ4v) is 2.23. The highest BCUT2D eigenvalue weighted by Gasteiger charge is 2.12. The van der Waals surface area contributed by atoms with Crippen molar-refractivity contribution >= 4 is 12.1 Å². The molecule has 5 heteroatoms. The lowest BCUT2D eigenvalue weighted by molar-refractivity contribution is -0.123. The highest BCUT2D eigenvalue weighted by molar-refractivity contribution is 5.82. The van der Waals surface area contributed by atoms with E-state index < -0.39 is 0 Å². The van der Waals surface area contributed by atoms with Crippen LogP contribution in [-0.2, 0) is 10.2 Å². The number of carbonyl (C=O) groups excluding carboxylic acids is 1. The molecule has 0 aliphatic rings. The molecule has 0 radical (unpaired) electrons. The van der Waals surface area contributed by atoms with Gasteiger partial charge in [0.05, 0.1) is 12.8 Å². The van der Waals surface area contributed by atoms with Crippen LogP contribution in [0.25, 0.3) is 0 Å². The number of rotatable bonds is 7. The van der Waals surface area contributed by atoms with Gasteiger partial charge < -0.3 is 9.47 Å². The Kier molecular flexibility index (Phi) is 6.78. The summed E-state index contributed by atoms with van der Waals surface area (Å²) in [4.78, 5) is 11.8. The molecule has 0 saturated heterocycles. The van der Waals surface area contributed by atoms with Crippen LogP contribution in [0, 0.1) is 0 Å². The number of benzene rings is 2. The van der Waals surface area contributed by atoms with Crippen LogP contribution in [0.3, 0.4) is 0 Å². The Morgan fingerprint density at radius 2 is 1.58 bits per heavy atom. The summed E-state index contributed by atoms with van der Waals surface area (Å²) in [6.45, 7) is 8.93. The van der Waals surface area contributed by atoms with Crippen LogP contribution in [0.2, 0.25) is 0 Å². The molecule has 0 aromatic heterocycles. The Bertz CT molecular complexity index is 729. The van der Waals surface area contributed by atoms with Crippen molar-refractivity contribution in [1.82, 2.24) is 5.43 Å². The second-order valence-corrected chi connectivity index (χ2v) is 6.86. The smallest absolute Gasteiger partial charge is 0.277 e. The van der Waals surface area contributed by atoms with E-state index in [2.05, 4.69) is 43.4 Å². The number of hydrogen-bond acceptors (Lipinski definition) is 4. The SMILES string of the molecule is CCOc1ccc(OCC(=O)N/N=C/c2ccc(C(C)(C)C)cc2)cc1. The molecule has 2 aromatic rings. The number of amides is 1. The van der Waals surface area contributed by atoms with Gasteiger partial charge in [-0.15, -0.1) is 0 Å². The zero-order valence-corrected chi connectivity index (χ0v) is 15.8. The minimum absolute atomic E-state index is 0.103. The molecule has 0 saturated carbocycles. The molecule has 0 atom stereocenters. The van der Waals surface area contributed by atoms with Gasteiger partial charge in [-0.25, -0.2) is 5.43 Å². The van der Waals surface area contributed by atoms with Crippen molar-refractivity contribution < 1.29 is 14.3 Å². The topological polar surface area (TPSA) is 59.9 Å². The molecule has 0 spiro atoms. The standard InChI is InChI=1S/C21H26N2O3/c1-5-25-18-10-12-19(13-11-18)26-15-20(24)23-22-14-16-6-8-17(9-7-16)21(2,3)4/h6-14H,5,15H2,1-4H3,(H,23,24)/b22-14+. The van der Waals surface area contributed by atoms with Crippen LogP contribution in [0.1, 0.15) is 38.8 Å². The van der Waals surface area contributed by atoms with Crippen LogP contribution in [0.5, 0.6) is 11.5 Å². The third-order valence-corrected chi connectivity index (χ3v) is 3.68. The predicted octanol–water partition coefficient (Wildman–Crippen LogP) is 3.91. The summed E-state index contributed by atoms with van der Waals surface area (Å²) in [5.74, 6) is 1.05. The fraction of sp³-hybridized carbons (Fsp3) is 0.333. The molecule has 0 fully saturated rings. The zero-order chi connectivity index (χ0) is 19.0. The molecular formula is C21H26N2O3. The van der Waals surface area contributed by atoms with Crippen LogP contribution in [0.15, 0.2) is 53.6 Å². The molecule has 0 bridgehead atoms. The molecule has 0 unspecified atom stereocenters. The number of ether oxygens (including phenoxy) is 2. The molecule has 2 rings (SSSR count). The third-order valence-electron chi connectivity index (χ3n) is 3.68. The van der Waals surface area contributed by atoms with Gasteiger partial charge in [0.2, 0.25) is 0 Å². The molecular weight excluding hydrogens is 328 g/mol. The quantitative estimate of drug-likeness (QED) is 0.606. The van der Waals surface area contributed by atoms with Gasteiger partial charge in [0.25, 0.3) is 5.91 Å². The number of hydrazone groups is 1. The first-order chi connectivity index (χ1) is 12.4.